The van der Waals surface area contributed by atoms with E-state index in [1.165, 1.54) is 13.2 Å². The highest BCUT2D eigenvalue weighted by molar-refractivity contribution is 7.94. The highest BCUT2D eigenvalue weighted by Crippen LogP contribution is 2.08. The number of hydrogen-bond acceptors (Lipinski definition) is 5. The molecule has 0 saturated carbocycles. The van der Waals surface area contributed by atoms with E-state index in [1.807, 2.05) is 0 Å². The minimum Gasteiger partial charge on any atom is -0.480 e. The third-order valence-electron chi connectivity index (χ3n) is 2.42. The molecule has 0 bridgehead atoms. The van der Waals surface area contributed by atoms with Gasteiger partial charge in [0.1, 0.15) is 6.54 Å². The fourth-order valence-electron chi connectivity index (χ4n) is 1.53. The fourth-order valence-corrected chi connectivity index (χ4v) is 2.77. The van der Waals surface area contributed by atoms with E-state index in [4.69, 9.17) is 9.84 Å². The van der Waals surface area contributed by atoms with Crippen molar-refractivity contribution in [3.8, 4) is 0 Å². The number of sulfone groups is 1. The number of rotatable bonds is 6. The molecule has 2 amide bonds. The molecule has 1 aliphatic heterocycles. The van der Waals surface area contributed by atoms with Crippen LogP contribution >= 0.6 is 0 Å². The Morgan fingerprint density at radius 3 is 2.68 bits per heavy atom. The van der Waals surface area contributed by atoms with Crippen LogP contribution in [-0.2, 0) is 19.4 Å². The van der Waals surface area contributed by atoms with Crippen molar-refractivity contribution in [2.24, 2.45) is 0 Å². The molecule has 19 heavy (non-hydrogen) atoms. The Bertz CT molecular complexity index is 472. The molecule has 2 N–H and O–H groups in total. The Morgan fingerprint density at radius 2 is 2.21 bits per heavy atom. The topological polar surface area (TPSA) is 113 Å². The second kappa shape index (κ2) is 6.53. The molecule has 1 rings (SSSR count). The number of carbonyl (C=O) groups is 2. The smallest absolute Gasteiger partial charge is 0.323 e. The Balaban J connectivity index is 2.57. The molecular formula is C10H16N2O6S. The SMILES string of the molecule is COCCN(CC(=O)O)C(=O)NC1C=CS(=O)(=O)C1. The number of urea groups is 1. The number of nitrogens with zero attached hydrogens (tertiary/aromatic N) is 1. The predicted octanol–water partition coefficient (Wildman–Crippen LogP) is -0.960. The van der Waals surface area contributed by atoms with Crippen LogP contribution in [0.5, 0.6) is 0 Å². The first-order valence-corrected chi connectivity index (χ1v) is 7.23. The normalized spacial score (nSPS) is 20.2. The maximum atomic E-state index is 11.8. The number of aliphatic carboxylic acids is 1. The van der Waals surface area contributed by atoms with Gasteiger partial charge in [-0.2, -0.15) is 0 Å². The number of hydrogen-bond donors (Lipinski definition) is 2. The Hall–Kier alpha value is -1.61. The summed E-state index contributed by atoms with van der Waals surface area (Å²) in [6, 6.07) is -1.26. The maximum Gasteiger partial charge on any atom is 0.323 e. The van der Waals surface area contributed by atoms with Gasteiger partial charge in [-0.05, 0) is 6.08 Å². The van der Waals surface area contributed by atoms with Gasteiger partial charge >= 0.3 is 12.0 Å². The molecule has 1 aliphatic rings. The van der Waals surface area contributed by atoms with Crippen molar-refractivity contribution in [2.45, 2.75) is 6.04 Å². The third-order valence-corrected chi connectivity index (χ3v) is 3.81. The lowest BCUT2D eigenvalue weighted by Gasteiger charge is -2.22. The van der Waals surface area contributed by atoms with E-state index in [-0.39, 0.29) is 18.9 Å². The molecule has 0 saturated heterocycles. The van der Waals surface area contributed by atoms with Crippen LogP contribution in [0.25, 0.3) is 0 Å². The zero-order valence-electron chi connectivity index (χ0n) is 10.4. The summed E-state index contributed by atoms with van der Waals surface area (Å²) in [5, 5.41) is 12.2. The number of methoxy groups -OCH3 is 1. The molecule has 1 atom stereocenters. The van der Waals surface area contributed by atoms with Crippen molar-refractivity contribution in [1.82, 2.24) is 10.2 Å². The predicted molar refractivity (Wildman–Crippen MR) is 66.3 cm³/mol. The van der Waals surface area contributed by atoms with Gasteiger partial charge in [0.05, 0.1) is 18.4 Å². The van der Waals surface area contributed by atoms with Crippen LogP contribution in [0.2, 0.25) is 0 Å². The molecule has 1 unspecified atom stereocenters. The van der Waals surface area contributed by atoms with E-state index >= 15 is 0 Å². The lowest BCUT2D eigenvalue weighted by Crippen LogP contribution is -2.48. The fraction of sp³-hybridized carbons (Fsp3) is 0.600. The van der Waals surface area contributed by atoms with Crippen molar-refractivity contribution in [3.05, 3.63) is 11.5 Å². The number of carboxylic acids is 1. The van der Waals surface area contributed by atoms with Crippen LogP contribution in [0.4, 0.5) is 4.79 Å². The molecule has 8 nitrogen and oxygen atoms in total. The molecule has 0 aromatic carbocycles. The van der Waals surface area contributed by atoms with E-state index < -0.39 is 34.4 Å². The first-order valence-electron chi connectivity index (χ1n) is 5.51. The molecular weight excluding hydrogens is 276 g/mol. The molecule has 0 aliphatic carbocycles. The minimum atomic E-state index is -3.26. The summed E-state index contributed by atoms with van der Waals surface area (Å²) in [5.74, 6) is -1.36. The van der Waals surface area contributed by atoms with E-state index in [0.29, 0.717) is 0 Å². The molecule has 0 fully saturated rings. The van der Waals surface area contributed by atoms with Gasteiger partial charge in [-0.25, -0.2) is 13.2 Å². The first kappa shape index (κ1) is 15.4. The molecule has 0 spiro atoms. The minimum absolute atomic E-state index is 0.109. The van der Waals surface area contributed by atoms with E-state index in [9.17, 15) is 18.0 Å². The second-order valence-electron chi connectivity index (χ2n) is 4.02. The number of carboxylic acid groups (broad SMARTS) is 1. The van der Waals surface area contributed by atoms with Crippen LogP contribution in [0.3, 0.4) is 0 Å². The lowest BCUT2D eigenvalue weighted by atomic mass is 10.3. The van der Waals surface area contributed by atoms with Gasteiger partial charge in [-0.1, -0.05) is 0 Å². The largest absolute Gasteiger partial charge is 0.480 e. The van der Waals surface area contributed by atoms with Crippen LogP contribution in [-0.4, -0.2) is 69.0 Å². The average Bonchev–Trinajstić information content (AvgIpc) is 2.63. The van der Waals surface area contributed by atoms with Gasteiger partial charge in [0.2, 0.25) is 0 Å². The molecule has 0 aromatic heterocycles. The first-order chi connectivity index (χ1) is 8.84. The van der Waals surface area contributed by atoms with E-state index in [0.717, 1.165) is 10.3 Å². The molecule has 108 valence electrons. The quantitative estimate of drug-likeness (QED) is 0.652. The summed E-state index contributed by atoms with van der Waals surface area (Å²) in [6.07, 6.45) is 1.36. The molecule has 0 aromatic rings. The monoisotopic (exact) mass is 292 g/mol. The lowest BCUT2D eigenvalue weighted by molar-refractivity contribution is -0.137. The third kappa shape index (κ3) is 5.26. The number of nitrogens with one attached hydrogen (secondary N) is 1. The summed E-state index contributed by atoms with van der Waals surface area (Å²) in [7, 11) is -1.83. The van der Waals surface area contributed by atoms with E-state index in [1.54, 1.807) is 0 Å². The van der Waals surface area contributed by atoms with Crippen molar-refractivity contribution in [2.75, 3.05) is 32.6 Å². The molecule has 0 radical (unpaired) electrons. The summed E-state index contributed by atoms with van der Waals surface area (Å²) in [4.78, 5) is 23.5. The maximum absolute atomic E-state index is 11.8. The van der Waals surface area contributed by atoms with Crippen LogP contribution in [0.1, 0.15) is 0 Å². The summed E-state index contributed by atoms with van der Waals surface area (Å²) in [6.45, 7) is -0.171. The molecule has 9 heteroatoms. The zero-order valence-corrected chi connectivity index (χ0v) is 11.2. The summed E-state index contributed by atoms with van der Waals surface area (Å²) >= 11 is 0. The Morgan fingerprint density at radius 1 is 1.53 bits per heavy atom. The number of amides is 2. The van der Waals surface area contributed by atoms with Gasteiger partial charge in [0.15, 0.2) is 9.84 Å². The van der Waals surface area contributed by atoms with Gasteiger partial charge < -0.3 is 20.1 Å². The summed E-state index contributed by atoms with van der Waals surface area (Å²) < 4.78 is 27.1. The number of ether oxygens (including phenoxy) is 1. The highest BCUT2D eigenvalue weighted by Gasteiger charge is 2.25. The van der Waals surface area contributed by atoms with Crippen molar-refractivity contribution >= 4 is 21.8 Å². The molecule has 1 heterocycles. The standard InChI is InChI=1S/C10H16N2O6S/c1-18-4-3-12(6-9(13)14)10(15)11-8-2-5-19(16,17)7-8/h2,5,8H,3-4,6-7H2,1H3,(H,11,15)(H,13,14). The van der Waals surface area contributed by atoms with Gasteiger partial charge in [-0.3, -0.25) is 4.79 Å². The zero-order chi connectivity index (χ0) is 14.5. The van der Waals surface area contributed by atoms with Crippen LogP contribution in [0, 0.1) is 0 Å². The summed E-state index contributed by atoms with van der Waals surface area (Å²) in [5.41, 5.74) is 0. The van der Waals surface area contributed by atoms with Crippen LogP contribution in [0.15, 0.2) is 11.5 Å². The Labute approximate surface area is 110 Å². The van der Waals surface area contributed by atoms with Crippen molar-refractivity contribution in [1.29, 1.82) is 0 Å². The Kier molecular flexibility index (Phi) is 5.31. The van der Waals surface area contributed by atoms with Crippen LogP contribution < -0.4 is 5.32 Å². The van der Waals surface area contributed by atoms with Gasteiger partial charge in [0, 0.05) is 19.1 Å². The average molecular weight is 292 g/mol. The van der Waals surface area contributed by atoms with E-state index in [2.05, 4.69) is 5.32 Å². The number of carbonyl (C=O) groups excluding carboxylic acids is 1. The van der Waals surface area contributed by atoms with Crippen molar-refractivity contribution in [3.63, 3.8) is 0 Å². The van der Waals surface area contributed by atoms with Crippen molar-refractivity contribution < 1.29 is 27.9 Å². The highest BCUT2D eigenvalue weighted by atomic mass is 32.2. The van der Waals surface area contributed by atoms with Gasteiger partial charge in [0.25, 0.3) is 0 Å². The second-order valence-corrected chi connectivity index (χ2v) is 5.95. The van der Waals surface area contributed by atoms with Gasteiger partial charge in [-0.15, -0.1) is 0 Å².